The van der Waals surface area contributed by atoms with Crippen molar-refractivity contribution in [3.8, 4) is 34.8 Å². The minimum absolute atomic E-state index is 0.0334. The summed E-state index contributed by atoms with van der Waals surface area (Å²) in [6, 6.07) is 16.7. The normalized spacial score (nSPS) is 18.3. The van der Waals surface area contributed by atoms with E-state index in [-0.39, 0.29) is 80.7 Å². The molecule has 16 nitrogen and oxygen atoms in total. The van der Waals surface area contributed by atoms with E-state index in [1.54, 1.807) is 67.0 Å². The summed E-state index contributed by atoms with van der Waals surface area (Å²) in [5.41, 5.74) is -3.33. The van der Waals surface area contributed by atoms with Crippen molar-refractivity contribution in [1.82, 2.24) is 34.8 Å². The number of aryl methyl sites for hydroxylation is 1. The summed E-state index contributed by atoms with van der Waals surface area (Å²) in [4.78, 5) is 45.8. The molecule has 380 valence electrons. The fourth-order valence-corrected chi connectivity index (χ4v) is 9.75. The van der Waals surface area contributed by atoms with Gasteiger partial charge in [0.25, 0.3) is 0 Å². The Balaban J connectivity index is 1.20. The number of carbonyl (C=O) groups excluding carboxylic acids is 1. The molecule has 0 spiro atoms. The molecule has 1 amide bonds. The summed E-state index contributed by atoms with van der Waals surface area (Å²) in [7, 11) is 3.08. The smallest absolute Gasteiger partial charge is 0.420 e. The van der Waals surface area contributed by atoms with Crippen LogP contribution in [0.4, 0.5) is 44.3 Å². The number of anilines is 3. The van der Waals surface area contributed by atoms with E-state index in [4.69, 9.17) is 28.7 Å². The van der Waals surface area contributed by atoms with Crippen LogP contribution in [0.25, 0.3) is 22.3 Å². The number of hydrogen-bond donors (Lipinski definition) is 1. The van der Waals surface area contributed by atoms with Crippen molar-refractivity contribution < 1.29 is 50.4 Å². The molecule has 0 saturated carbocycles. The van der Waals surface area contributed by atoms with Gasteiger partial charge in [-0.3, -0.25) is 10.2 Å². The monoisotopic (exact) mass is 998 g/mol. The van der Waals surface area contributed by atoms with Crippen LogP contribution in [0, 0.1) is 12.7 Å². The minimum Gasteiger partial charge on any atom is -0.497 e. The third-order valence-electron chi connectivity index (χ3n) is 13.1. The molecular formula is C51H55F5N10O6. The van der Waals surface area contributed by atoms with Crippen LogP contribution in [0.15, 0.2) is 66.9 Å². The number of amides is 1. The van der Waals surface area contributed by atoms with Gasteiger partial charge in [0.15, 0.2) is 5.82 Å². The molecule has 7 heterocycles. The first-order valence-electron chi connectivity index (χ1n) is 23.6. The average Bonchev–Trinajstić information content (AvgIpc) is 3.80. The molecule has 1 N–H and O–H groups in total. The highest BCUT2D eigenvalue weighted by Crippen LogP contribution is 2.46. The zero-order chi connectivity index (χ0) is 51.1. The van der Waals surface area contributed by atoms with Gasteiger partial charge in [-0.1, -0.05) is 30.3 Å². The fourth-order valence-electron chi connectivity index (χ4n) is 9.75. The van der Waals surface area contributed by atoms with Gasteiger partial charge >= 0.3 is 18.3 Å². The Morgan fingerprint density at radius 2 is 1.61 bits per heavy atom. The molecule has 2 aromatic carbocycles. The first-order valence-corrected chi connectivity index (χ1v) is 23.6. The molecule has 21 heteroatoms. The number of methoxy groups -OCH3 is 2. The highest BCUT2D eigenvalue weighted by atomic mass is 19.4. The number of alkyl halides is 4. The van der Waals surface area contributed by atoms with Gasteiger partial charge in [-0.15, -0.1) is 0 Å². The summed E-state index contributed by atoms with van der Waals surface area (Å²) >= 11 is 0. The Bertz CT molecular complexity index is 2910. The quantitative estimate of drug-likeness (QED) is 0.103. The van der Waals surface area contributed by atoms with Gasteiger partial charge in [0.1, 0.15) is 76.0 Å². The van der Waals surface area contributed by atoms with Crippen molar-refractivity contribution in [1.29, 1.82) is 0 Å². The Hall–Kier alpha value is -7.16. The number of carbonyl (C=O) groups is 1. The van der Waals surface area contributed by atoms with Crippen molar-refractivity contribution in [3.05, 3.63) is 101 Å². The Kier molecular flexibility index (Phi) is 13.7. The van der Waals surface area contributed by atoms with Crippen LogP contribution in [0.1, 0.15) is 80.9 Å². The molecule has 72 heavy (non-hydrogen) atoms. The second-order valence-corrected chi connectivity index (χ2v) is 19.2. The number of rotatable bonds is 14. The second kappa shape index (κ2) is 19.8. The largest absolute Gasteiger partial charge is 0.497 e. The Labute approximate surface area is 412 Å². The lowest BCUT2D eigenvalue weighted by molar-refractivity contribution is -0.138. The topological polar surface area (TPSA) is 162 Å². The number of nitrogens with zero attached hydrogens (tertiary/aromatic N) is 9. The SMILES string of the molecule is COc1ccc(CN(Cc2ccc(OC)cc2)c2nc(C)c(C(F)(F)F)c(-c3nc4c5c(nc(OC[C@@]67CCCN6C[C@H](F)C7)nc5c3F)N([C@H](C)c3cccnc3NC(=O)OC(C)(C)C)CCO4)n2)cc1. The number of benzene rings is 2. The van der Waals surface area contributed by atoms with Gasteiger partial charge in [0.05, 0.1) is 38.0 Å². The van der Waals surface area contributed by atoms with E-state index in [0.717, 1.165) is 17.5 Å². The van der Waals surface area contributed by atoms with Gasteiger partial charge in [-0.2, -0.15) is 23.1 Å². The van der Waals surface area contributed by atoms with Crippen LogP contribution < -0.4 is 34.1 Å². The Morgan fingerprint density at radius 3 is 2.25 bits per heavy atom. The van der Waals surface area contributed by atoms with Gasteiger partial charge in [0, 0.05) is 37.8 Å². The van der Waals surface area contributed by atoms with E-state index < -0.39 is 69.6 Å². The highest BCUT2D eigenvalue weighted by molar-refractivity contribution is 5.97. The van der Waals surface area contributed by atoms with Crippen molar-refractivity contribution in [2.24, 2.45) is 0 Å². The molecule has 0 unspecified atom stereocenters. The van der Waals surface area contributed by atoms with Gasteiger partial charge in [-0.25, -0.2) is 33.5 Å². The minimum atomic E-state index is -5.08. The molecule has 9 rings (SSSR count). The third kappa shape index (κ3) is 10.3. The van der Waals surface area contributed by atoms with Crippen molar-refractivity contribution in [3.63, 3.8) is 0 Å². The van der Waals surface area contributed by atoms with Crippen molar-refractivity contribution >= 4 is 34.6 Å². The highest BCUT2D eigenvalue weighted by Gasteiger charge is 2.50. The number of pyridine rings is 2. The number of fused-ring (bicyclic) bond motifs is 1. The lowest BCUT2D eigenvalue weighted by Gasteiger charge is -2.32. The van der Waals surface area contributed by atoms with Gasteiger partial charge in [-0.05, 0) is 95.5 Å². The summed E-state index contributed by atoms with van der Waals surface area (Å²) in [5.74, 6) is -0.194. The molecule has 6 aromatic rings. The number of hydrogen-bond acceptors (Lipinski definition) is 15. The molecule has 2 fully saturated rings. The molecule has 3 aliphatic heterocycles. The molecule has 0 bridgehead atoms. The van der Waals surface area contributed by atoms with Crippen LogP contribution in [0.2, 0.25) is 0 Å². The summed E-state index contributed by atoms with van der Waals surface area (Å²) in [6.07, 6.45) is -3.71. The molecular weight excluding hydrogens is 944 g/mol. The first kappa shape index (κ1) is 49.8. The van der Waals surface area contributed by atoms with E-state index in [9.17, 15) is 9.18 Å². The average molecular weight is 999 g/mol. The molecule has 0 radical (unpaired) electrons. The predicted octanol–water partition coefficient (Wildman–Crippen LogP) is 9.83. The number of aromatic nitrogens is 6. The van der Waals surface area contributed by atoms with Crippen LogP contribution >= 0.6 is 0 Å². The molecule has 2 saturated heterocycles. The molecule has 0 aliphatic carbocycles. The third-order valence-corrected chi connectivity index (χ3v) is 13.1. The number of halogens is 5. The van der Waals surface area contributed by atoms with Crippen molar-refractivity contribution in [2.45, 2.75) is 96.5 Å². The van der Waals surface area contributed by atoms with Crippen LogP contribution in [0.3, 0.4) is 0 Å². The summed E-state index contributed by atoms with van der Waals surface area (Å²) in [6.45, 7) is 9.30. The maximum atomic E-state index is 18.0. The fraction of sp³-hybridized carbons (Fsp3) is 0.431. The second-order valence-electron chi connectivity index (χ2n) is 19.2. The molecule has 4 aromatic heterocycles. The number of nitrogens with one attached hydrogen (secondary N) is 1. The van der Waals surface area contributed by atoms with Crippen LogP contribution in [0.5, 0.6) is 23.4 Å². The standard InChI is InChI=1S/C51H55F5N10O6/c1-29-38(51(54,55)56)41(60-46(58-29)64(25-31-11-15-34(68-6)16-12-31)26-32-13-17-35(69-7)18-14-32)42-39(53)40-37-44(63-47(61-40)71-28-50-19-9-21-65(50)27-33(52)24-50)66(22-23-70-45(37)59-42)30(2)36-10-8-20-57-43(36)62-48(67)72-49(3,4)5/h8,10-18,20,30,33H,9,19,21-28H2,1-7H3,(H,57,62,67)/t30-,33-,50+/m1/s1. The lowest BCUT2D eigenvalue weighted by atomic mass is 9.95. The van der Waals surface area contributed by atoms with E-state index in [1.165, 1.54) is 27.3 Å². The van der Waals surface area contributed by atoms with E-state index in [1.807, 2.05) is 36.1 Å². The summed E-state index contributed by atoms with van der Waals surface area (Å²) in [5, 5.41) is 2.67. The van der Waals surface area contributed by atoms with E-state index in [0.29, 0.717) is 30.0 Å². The van der Waals surface area contributed by atoms with Gasteiger partial charge < -0.3 is 33.5 Å². The zero-order valence-corrected chi connectivity index (χ0v) is 40.9. The first-order chi connectivity index (χ1) is 34.3. The zero-order valence-electron chi connectivity index (χ0n) is 40.9. The molecule has 3 atom stereocenters. The van der Waals surface area contributed by atoms with Gasteiger partial charge in [0.2, 0.25) is 11.8 Å². The van der Waals surface area contributed by atoms with Crippen LogP contribution in [-0.2, 0) is 24.0 Å². The Morgan fingerprint density at radius 1 is 0.931 bits per heavy atom. The van der Waals surface area contributed by atoms with Crippen molar-refractivity contribution in [2.75, 3.05) is 62.2 Å². The number of ether oxygens (including phenoxy) is 5. The maximum absolute atomic E-state index is 18.0. The molecule has 3 aliphatic rings. The van der Waals surface area contributed by atoms with E-state index >= 15 is 17.6 Å². The van der Waals surface area contributed by atoms with Crippen LogP contribution in [-0.4, -0.2) is 105 Å². The van der Waals surface area contributed by atoms with E-state index in [2.05, 4.69) is 30.2 Å². The summed E-state index contributed by atoms with van der Waals surface area (Å²) < 4.78 is 108. The predicted molar refractivity (Wildman–Crippen MR) is 258 cm³/mol. The maximum Gasteiger partial charge on any atom is 0.420 e. The lowest BCUT2D eigenvalue weighted by Crippen LogP contribution is -2.43.